The Labute approximate surface area is 167 Å². The van der Waals surface area contributed by atoms with E-state index in [0.717, 1.165) is 24.0 Å². The van der Waals surface area contributed by atoms with E-state index in [-0.39, 0.29) is 29.3 Å². The summed E-state index contributed by atoms with van der Waals surface area (Å²) in [7, 11) is 0. The Morgan fingerprint density at radius 1 is 1.03 bits per heavy atom. The van der Waals surface area contributed by atoms with Gasteiger partial charge in [-0.2, -0.15) is 0 Å². The van der Waals surface area contributed by atoms with E-state index >= 15 is 0 Å². The third-order valence-corrected chi connectivity index (χ3v) is 4.67. The van der Waals surface area contributed by atoms with Crippen molar-refractivity contribution in [3.63, 3.8) is 0 Å². The molecule has 1 N–H and O–H groups in total. The fourth-order valence-corrected chi connectivity index (χ4v) is 3.08. The molecule has 0 atom stereocenters. The number of hydrogen-bond donors (Lipinski definition) is 1. The predicted octanol–water partition coefficient (Wildman–Crippen LogP) is 4.05. The van der Waals surface area contributed by atoms with Gasteiger partial charge in [0.25, 0.3) is 5.91 Å². The monoisotopic (exact) mass is 397 g/mol. The summed E-state index contributed by atoms with van der Waals surface area (Å²) in [5.41, 5.74) is 1.95. The van der Waals surface area contributed by atoms with Gasteiger partial charge in [0.15, 0.2) is 5.69 Å². The number of rotatable bonds is 8. The molecule has 3 aromatic rings. The van der Waals surface area contributed by atoms with Crippen LogP contribution < -0.4 is 5.32 Å². The molecule has 0 unspecified atom stereocenters. The maximum absolute atomic E-state index is 13.6. The van der Waals surface area contributed by atoms with Crippen molar-refractivity contribution >= 4 is 5.91 Å². The van der Waals surface area contributed by atoms with E-state index in [1.54, 1.807) is 18.2 Å². The maximum Gasteiger partial charge on any atom is 0.273 e. The van der Waals surface area contributed by atoms with Crippen LogP contribution >= 0.6 is 0 Å². The van der Waals surface area contributed by atoms with E-state index in [9.17, 15) is 13.6 Å². The van der Waals surface area contributed by atoms with Crippen LogP contribution in [0.4, 0.5) is 8.78 Å². The predicted molar refractivity (Wildman–Crippen MR) is 103 cm³/mol. The second-order valence-corrected chi connectivity index (χ2v) is 7.28. The number of oxazole rings is 1. The zero-order valence-corrected chi connectivity index (χ0v) is 15.8. The molecule has 1 fully saturated rings. The summed E-state index contributed by atoms with van der Waals surface area (Å²) in [4.78, 5) is 18.4. The van der Waals surface area contributed by atoms with Gasteiger partial charge in [-0.25, -0.2) is 13.8 Å². The lowest BCUT2D eigenvalue weighted by Gasteiger charge is -2.21. The number of halogens is 2. The van der Waals surface area contributed by atoms with Gasteiger partial charge in [0.1, 0.15) is 17.9 Å². The number of amides is 1. The Morgan fingerprint density at radius 3 is 2.52 bits per heavy atom. The Kier molecular flexibility index (Phi) is 5.67. The van der Waals surface area contributed by atoms with Crippen LogP contribution in [-0.4, -0.2) is 21.8 Å². The fourth-order valence-electron chi connectivity index (χ4n) is 3.08. The molecule has 2 aromatic carbocycles. The second-order valence-electron chi connectivity index (χ2n) is 7.28. The number of carbonyl (C=O) groups is 1. The van der Waals surface area contributed by atoms with E-state index in [1.165, 1.54) is 30.5 Å². The van der Waals surface area contributed by atoms with Crippen LogP contribution in [0.1, 0.15) is 40.3 Å². The minimum atomic E-state index is -0.306. The lowest BCUT2D eigenvalue weighted by Crippen LogP contribution is -2.26. The number of nitrogens with one attached hydrogen (secondary N) is 1. The molecule has 29 heavy (non-hydrogen) atoms. The van der Waals surface area contributed by atoms with Crippen LogP contribution in [0, 0.1) is 11.6 Å². The standard InChI is InChI=1S/C22H21F2N3O2/c23-17-6-4-15(5-7-17)11-27(12-16-2-1-3-18(24)10-16)13-21-26-20(14-29-21)22(28)25-19-8-9-19/h1-7,10,14,19H,8-9,11-13H2,(H,25,28). The number of carbonyl (C=O) groups excluding carboxylic acids is 1. The average Bonchev–Trinajstić information content (AvgIpc) is 3.38. The molecular weight excluding hydrogens is 376 g/mol. The van der Waals surface area contributed by atoms with Crippen molar-refractivity contribution < 1.29 is 18.0 Å². The fraction of sp³-hybridized carbons (Fsp3) is 0.273. The molecule has 1 aromatic heterocycles. The first kappa shape index (κ1) is 19.3. The Bertz CT molecular complexity index is 984. The largest absolute Gasteiger partial charge is 0.447 e. The van der Waals surface area contributed by atoms with Gasteiger partial charge in [-0.3, -0.25) is 9.69 Å². The molecule has 1 aliphatic rings. The van der Waals surface area contributed by atoms with Crippen molar-refractivity contribution in [1.82, 2.24) is 15.2 Å². The van der Waals surface area contributed by atoms with Gasteiger partial charge in [-0.1, -0.05) is 24.3 Å². The number of benzene rings is 2. The number of hydrogen-bond acceptors (Lipinski definition) is 4. The SMILES string of the molecule is O=C(NC1CC1)c1coc(CN(Cc2ccc(F)cc2)Cc2cccc(F)c2)n1. The lowest BCUT2D eigenvalue weighted by molar-refractivity contribution is 0.0946. The van der Waals surface area contributed by atoms with Crippen LogP contribution in [0.15, 0.2) is 59.2 Å². The summed E-state index contributed by atoms with van der Waals surface area (Å²) in [6.07, 6.45) is 3.34. The van der Waals surface area contributed by atoms with Gasteiger partial charge in [0, 0.05) is 19.1 Å². The van der Waals surface area contributed by atoms with Gasteiger partial charge in [0.2, 0.25) is 5.89 Å². The van der Waals surface area contributed by atoms with Gasteiger partial charge < -0.3 is 9.73 Å². The van der Waals surface area contributed by atoms with Crippen molar-refractivity contribution in [2.45, 2.75) is 38.5 Å². The van der Waals surface area contributed by atoms with E-state index in [2.05, 4.69) is 10.3 Å². The molecule has 150 valence electrons. The van der Waals surface area contributed by atoms with Gasteiger partial charge in [0.05, 0.1) is 6.54 Å². The zero-order valence-electron chi connectivity index (χ0n) is 15.8. The molecule has 1 heterocycles. The molecule has 1 saturated carbocycles. The minimum absolute atomic E-state index is 0.238. The summed E-state index contributed by atoms with van der Waals surface area (Å²) in [5.74, 6) is -0.453. The van der Waals surface area contributed by atoms with Crippen LogP contribution in [0.2, 0.25) is 0 Å². The topological polar surface area (TPSA) is 58.4 Å². The van der Waals surface area contributed by atoms with Crippen molar-refractivity contribution in [1.29, 1.82) is 0 Å². The molecule has 1 amide bonds. The summed E-state index contributed by atoms with van der Waals surface area (Å²) < 4.78 is 32.3. The van der Waals surface area contributed by atoms with Crippen molar-refractivity contribution in [2.24, 2.45) is 0 Å². The molecule has 0 saturated heterocycles. The molecule has 0 aliphatic heterocycles. The summed E-state index contributed by atoms with van der Waals surface area (Å²) >= 11 is 0. The average molecular weight is 397 g/mol. The van der Waals surface area contributed by atoms with E-state index < -0.39 is 0 Å². The van der Waals surface area contributed by atoms with Gasteiger partial charge in [-0.05, 0) is 48.2 Å². The molecule has 0 radical (unpaired) electrons. The highest BCUT2D eigenvalue weighted by Crippen LogP contribution is 2.20. The zero-order chi connectivity index (χ0) is 20.2. The maximum atomic E-state index is 13.6. The normalized spacial score (nSPS) is 13.6. The van der Waals surface area contributed by atoms with E-state index in [1.807, 2.05) is 11.0 Å². The van der Waals surface area contributed by atoms with Crippen molar-refractivity contribution in [3.05, 3.63) is 89.1 Å². The highest BCUT2D eigenvalue weighted by atomic mass is 19.1. The molecule has 1 aliphatic carbocycles. The highest BCUT2D eigenvalue weighted by Gasteiger charge is 2.25. The van der Waals surface area contributed by atoms with Crippen LogP contribution in [0.5, 0.6) is 0 Å². The third kappa shape index (κ3) is 5.48. The van der Waals surface area contributed by atoms with Crippen molar-refractivity contribution in [2.75, 3.05) is 0 Å². The quantitative estimate of drug-likeness (QED) is 0.623. The van der Waals surface area contributed by atoms with Crippen LogP contribution in [0.25, 0.3) is 0 Å². The first-order chi connectivity index (χ1) is 14.0. The molecule has 5 nitrogen and oxygen atoms in total. The Balaban J connectivity index is 1.48. The summed E-state index contributed by atoms with van der Waals surface area (Å²) in [5, 5.41) is 2.88. The molecular formula is C22H21F2N3O2. The first-order valence-electron chi connectivity index (χ1n) is 9.52. The minimum Gasteiger partial charge on any atom is -0.447 e. The number of aromatic nitrogens is 1. The molecule has 0 bridgehead atoms. The Morgan fingerprint density at radius 2 is 1.79 bits per heavy atom. The summed E-state index contributed by atoms with van der Waals surface area (Å²) in [6, 6.07) is 12.8. The molecule has 0 spiro atoms. The second kappa shape index (κ2) is 8.53. The highest BCUT2D eigenvalue weighted by molar-refractivity contribution is 5.92. The molecule has 7 heteroatoms. The lowest BCUT2D eigenvalue weighted by atomic mass is 10.1. The summed E-state index contributed by atoms with van der Waals surface area (Å²) in [6.45, 7) is 1.26. The third-order valence-electron chi connectivity index (χ3n) is 4.67. The van der Waals surface area contributed by atoms with Crippen molar-refractivity contribution in [3.8, 4) is 0 Å². The van der Waals surface area contributed by atoms with Crippen LogP contribution in [-0.2, 0) is 19.6 Å². The molecule has 4 rings (SSSR count). The van der Waals surface area contributed by atoms with Gasteiger partial charge >= 0.3 is 0 Å². The van der Waals surface area contributed by atoms with Gasteiger partial charge in [-0.15, -0.1) is 0 Å². The smallest absolute Gasteiger partial charge is 0.273 e. The van der Waals surface area contributed by atoms with Crippen LogP contribution in [0.3, 0.4) is 0 Å². The number of nitrogens with zero attached hydrogens (tertiary/aromatic N) is 2. The first-order valence-corrected chi connectivity index (χ1v) is 9.52. The van der Waals surface area contributed by atoms with E-state index in [4.69, 9.17) is 4.42 Å². The Hall–Kier alpha value is -3.06. The van der Waals surface area contributed by atoms with E-state index in [0.29, 0.717) is 25.5 Å².